The Balaban J connectivity index is 1.57. The zero-order valence-electron chi connectivity index (χ0n) is 14.2. The van der Waals surface area contributed by atoms with E-state index in [0.717, 1.165) is 9.47 Å². The van der Waals surface area contributed by atoms with Crippen LogP contribution < -0.4 is 20.1 Å². The molecule has 0 saturated heterocycles. The number of aromatic nitrogens is 2. The highest BCUT2D eigenvalue weighted by Gasteiger charge is 2.23. The monoisotopic (exact) mass is 380 g/mol. The van der Waals surface area contributed by atoms with Crippen molar-refractivity contribution in [2.45, 2.75) is 35.4 Å². The Morgan fingerprint density at radius 1 is 1.28 bits per heavy atom. The topological polar surface area (TPSA) is 85.4 Å². The summed E-state index contributed by atoms with van der Waals surface area (Å²) in [4.78, 5) is 12.4. The number of amides is 1. The average Bonchev–Trinajstić information content (AvgIpc) is 3.32. The summed E-state index contributed by atoms with van der Waals surface area (Å²) >= 11 is 2.87. The first-order valence-electron chi connectivity index (χ1n) is 7.88. The maximum Gasteiger partial charge on any atom is 0.237 e. The Kier molecular flexibility index (Phi) is 5.64. The van der Waals surface area contributed by atoms with Gasteiger partial charge in [0.1, 0.15) is 0 Å². The summed E-state index contributed by atoms with van der Waals surface area (Å²) in [5.74, 6) is 1.08. The van der Waals surface area contributed by atoms with E-state index in [1.54, 1.807) is 32.4 Å². The van der Waals surface area contributed by atoms with E-state index in [0.29, 0.717) is 23.2 Å². The normalized spacial score (nSPS) is 14.7. The lowest BCUT2D eigenvalue weighted by atomic mass is 10.2. The second-order valence-corrected chi connectivity index (χ2v) is 8.18. The van der Waals surface area contributed by atoms with Crippen LogP contribution in [0.3, 0.4) is 0 Å². The molecule has 0 aliphatic heterocycles. The summed E-state index contributed by atoms with van der Waals surface area (Å²) in [7, 11) is 3.13. The molecule has 0 radical (unpaired) electrons. The van der Waals surface area contributed by atoms with Gasteiger partial charge in [-0.15, -0.1) is 10.2 Å². The predicted molar refractivity (Wildman–Crippen MR) is 100 cm³/mol. The number of ether oxygens (including phenoxy) is 2. The van der Waals surface area contributed by atoms with Crippen molar-refractivity contribution in [2.24, 2.45) is 0 Å². The van der Waals surface area contributed by atoms with E-state index in [1.807, 2.05) is 6.92 Å². The number of hydrogen-bond acceptors (Lipinski definition) is 8. The number of carbonyl (C=O) groups is 1. The van der Waals surface area contributed by atoms with Crippen molar-refractivity contribution in [1.29, 1.82) is 0 Å². The van der Waals surface area contributed by atoms with Gasteiger partial charge in [0.05, 0.1) is 19.5 Å². The molecule has 0 bridgehead atoms. The van der Waals surface area contributed by atoms with Crippen LogP contribution in [0, 0.1) is 0 Å². The predicted octanol–water partition coefficient (Wildman–Crippen LogP) is 3.25. The zero-order chi connectivity index (χ0) is 17.8. The molecule has 1 aliphatic carbocycles. The van der Waals surface area contributed by atoms with Crippen molar-refractivity contribution in [3.05, 3.63) is 18.2 Å². The fourth-order valence-electron chi connectivity index (χ4n) is 2.08. The quantitative estimate of drug-likeness (QED) is 0.680. The van der Waals surface area contributed by atoms with Crippen LogP contribution in [0.2, 0.25) is 0 Å². The maximum absolute atomic E-state index is 12.4. The minimum absolute atomic E-state index is 0.107. The second-order valence-electron chi connectivity index (χ2n) is 5.61. The first-order chi connectivity index (χ1) is 12.1. The van der Waals surface area contributed by atoms with Crippen molar-refractivity contribution in [2.75, 3.05) is 24.9 Å². The molecule has 1 atom stereocenters. The van der Waals surface area contributed by atoms with Crippen LogP contribution in [-0.2, 0) is 4.79 Å². The summed E-state index contributed by atoms with van der Waals surface area (Å²) < 4.78 is 11.2. The van der Waals surface area contributed by atoms with Gasteiger partial charge in [-0.1, -0.05) is 23.1 Å². The Morgan fingerprint density at radius 3 is 2.72 bits per heavy atom. The van der Waals surface area contributed by atoms with Gasteiger partial charge in [-0.25, -0.2) is 0 Å². The Labute approximate surface area is 154 Å². The number of nitrogens with one attached hydrogen (secondary N) is 2. The minimum Gasteiger partial charge on any atom is -0.493 e. The molecule has 3 rings (SSSR count). The SMILES string of the molecule is COc1ccc(NC(=O)[C@@H](C)Sc2nnc(NC3CC3)s2)cc1OC. The summed E-state index contributed by atoms with van der Waals surface area (Å²) in [6.45, 7) is 1.84. The molecule has 2 N–H and O–H groups in total. The third kappa shape index (κ3) is 4.76. The molecule has 2 aromatic rings. The molecule has 1 saturated carbocycles. The van der Waals surface area contributed by atoms with Crippen molar-refractivity contribution in [1.82, 2.24) is 10.2 Å². The highest BCUT2D eigenvalue weighted by Crippen LogP contribution is 2.33. The van der Waals surface area contributed by atoms with Crippen LogP contribution in [0.4, 0.5) is 10.8 Å². The fraction of sp³-hybridized carbons (Fsp3) is 0.438. The maximum atomic E-state index is 12.4. The van der Waals surface area contributed by atoms with Crippen LogP contribution in [0.5, 0.6) is 11.5 Å². The van der Waals surface area contributed by atoms with Crippen LogP contribution in [0.1, 0.15) is 19.8 Å². The lowest BCUT2D eigenvalue weighted by Gasteiger charge is -2.13. The Morgan fingerprint density at radius 2 is 2.04 bits per heavy atom. The van der Waals surface area contributed by atoms with Gasteiger partial charge < -0.3 is 20.1 Å². The number of nitrogens with zero attached hydrogens (tertiary/aromatic N) is 2. The summed E-state index contributed by atoms with van der Waals surface area (Å²) in [6, 6.07) is 5.81. The molecule has 1 aliphatic rings. The molecule has 0 spiro atoms. The van der Waals surface area contributed by atoms with Crippen LogP contribution in [0.15, 0.2) is 22.5 Å². The van der Waals surface area contributed by atoms with E-state index in [-0.39, 0.29) is 11.2 Å². The Hall–Kier alpha value is -2.00. The van der Waals surface area contributed by atoms with E-state index in [1.165, 1.54) is 35.9 Å². The van der Waals surface area contributed by atoms with E-state index in [4.69, 9.17) is 9.47 Å². The highest BCUT2D eigenvalue weighted by atomic mass is 32.2. The van der Waals surface area contributed by atoms with Crippen LogP contribution >= 0.6 is 23.1 Å². The van der Waals surface area contributed by atoms with Gasteiger partial charge in [-0.2, -0.15) is 0 Å². The fourth-order valence-corrected chi connectivity index (χ4v) is 4.05. The van der Waals surface area contributed by atoms with Gasteiger partial charge in [0.15, 0.2) is 15.8 Å². The smallest absolute Gasteiger partial charge is 0.237 e. The number of carbonyl (C=O) groups excluding carboxylic acids is 1. The van der Waals surface area contributed by atoms with Crippen LogP contribution in [0.25, 0.3) is 0 Å². The van der Waals surface area contributed by atoms with Gasteiger partial charge in [0.2, 0.25) is 11.0 Å². The minimum atomic E-state index is -0.296. The second kappa shape index (κ2) is 7.92. The molecule has 25 heavy (non-hydrogen) atoms. The van der Waals surface area contributed by atoms with Gasteiger partial charge in [0, 0.05) is 17.8 Å². The van der Waals surface area contributed by atoms with Crippen molar-refractivity contribution < 1.29 is 14.3 Å². The molecule has 134 valence electrons. The van der Waals surface area contributed by atoms with Crippen LogP contribution in [-0.4, -0.2) is 41.6 Å². The molecular formula is C16H20N4O3S2. The van der Waals surface area contributed by atoms with E-state index >= 15 is 0 Å². The number of methoxy groups -OCH3 is 2. The highest BCUT2D eigenvalue weighted by molar-refractivity contribution is 8.02. The molecule has 7 nitrogen and oxygen atoms in total. The molecule has 0 unspecified atom stereocenters. The molecule has 1 amide bonds. The molecule has 1 aromatic heterocycles. The zero-order valence-corrected chi connectivity index (χ0v) is 15.9. The molecule has 1 aromatic carbocycles. The van der Waals surface area contributed by atoms with Gasteiger partial charge in [-0.3, -0.25) is 4.79 Å². The first kappa shape index (κ1) is 17.8. The molecule has 1 fully saturated rings. The lowest BCUT2D eigenvalue weighted by Crippen LogP contribution is -2.22. The number of benzene rings is 1. The largest absolute Gasteiger partial charge is 0.493 e. The van der Waals surface area contributed by atoms with E-state index in [9.17, 15) is 4.79 Å². The third-order valence-corrected chi connectivity index (χ3v) is 5.65. The van der Waals surface area contributed by atoms with E-state index in [2.05, 4.69) is 20.8 Å². The summed E-state index contributed by atoms with van der Waals surface area (Å²) in [6.07, 6.45) is 2.37. The van der Waals surface area contributed by atoms with Gasteiger partial charge in [0.25, 0.3) is 0 Å². The lowest BCUT2D eigenvalue weighted by molar-refractivity contribution is -0.115. The number of anilines is 2. The summed E-state index contributed by atoms with van der Waals surface area (Å²) in [5, 5.41) is 14.9. The number of rotatable bonds is 8. The molecule has 9 heteroatoms. The Bertz CT molecular complexity index is 749. The van der Waals surface area contributed by atoms with E-state index < -0.39 is 0 Å². The standard InChI is InChI=1S/C16H20N4O3S2/c1-9(24-16-20-19-15(25-16)18-10-4-5-10)14(21)17-11-6-7-12(22-2)13(8-11)23-3/h6-10H,4-5H2,1-3H3,(H,17,21)(H,18,19)/t9-/m1/s1. The molecule has 1 heterocycles. The number of thioether (sulfide) groups is 1. The number of hydrogen-bond donors (Lipinski definition) is 2. The van der Waals surface area contributed by atoms with Gasteiger partial charge in [-0.05, 0) is 31.9 Å². The average molecular weight is 380 g/mol. The molecular weight excluding hydrogens is 360 g/mol. The van der Waals surface area contributed by atoms with Crippen molar-refractivity contribution >= 4 is 39.8 Å². The summed E-state index contributed by atoms with van der Waals surface area (Å²) in [5.41, 5.74) is 0.656. The third-order valence-electron chi connectivity index (χ3n) is 3.61. The van der Waals surface area contributed by atoms with Crippen molar-refractivity contribution in [3.8, 4) is 11.5 Å². The first-order valence-corrected chi connectivity index (χ1v) is 9.58. The van der Waals surface area contributed by atoms with Gasteiger partial charge >= 0.3 is 0 Å². The van der Waals surface area contributed by atoms with Crippen molar-refractivity contribution in [3.63, 3.8) is 0 Å².